The van der Waals surface area contributed by atoms with Gasteiger partial charge in [0.1, 0.15) is 6.10 Å². The van der Waals surface area contributed by atoms with Gasteiger partial charge in [-0.05, 0) is 19.3 Å². The zero-order valence-electron chi connectivity index (χ0n) is 12.2. The highest BCUT2D eigenvalue weighted by Gasteiger charge is 2.10. The van der Waals surface area contributed by atoms with E-state index in [2.05, 4.69) is 20.4 Å². The molecule has 18 heavy (non-hydrogen) atoms. The molecule has 0 saturated heterocycles. The van der Waals surface area contributed by atoms with Crippen LogP contribution in [0.2, 0.25) is 0 Å². The normalized spacial score (nSPS) is 12.1. The standard InChI is InChI=1S/C16H30O2/c1-4-7-9-10-12-14-16(17)18-15(6-3)13-11-8-5-2/h6,15H,3-5,7-14H2,1-2H3/t15-/m1/s1. The average Bonchev–Trinajstić information content (AvgIpc) is 2.37. The Kier molecular flexibility index (Phi) is 12.1. The molecule has 0 N–H and O–H groups in total. The lowest BCUT2D eigenvalue weighted by Gasteiger charge is -2.13. The first kappa shape index (κ1) is 17.2. The van der Waals surface area contributed by atoms with Crippen LogP contribution in [0.4, 0.5) is 0 Å². The van der Waals surface area contributed by atoms with Crippen molar-refractivity contribution in [2.24, 2.45) is 0 Å². The number of unbranched alkanes of at least 4 members (excludes halogenated alkanes) is 6. The van der Waals surface area contributed by atoms with Crippen LogP contribution in [0.15, 0.2) is 12.7 Å². The summed E-state index contributed by atoms with van der Waals surface area (Å²) in [6.45, 7) is 8.10. The maximum Gasteiger partial charge on any atom is 0.306 e. The highest BCUT2D eigenvalue weighted by Crippen LogP contribution is 2.11. The van der Waals surface area contributed by atoms with E-state index in [-0.39, 0.29) is 12.1 Å². The van der Waals surface area contributed by atoms with E-state index >= 15 is 0 Å². The number of hydrogen-bond donors (Lipinski definition) is 0. The number of rotatable bonds is 12. The van der Waals surface area contributed by atoms with Crippen LogP contribution in [0.25, 0.3) is 0 Å². The molecule has 0 unspecified atom stereocenters. The smallest absolute Gasteiger partial charge is 0.306 e. The van der Waals surface area contributed by atoms with Crippen LogP contribution >= 0.6 is 0 Å². The van der Waals surface area contributed by atoms with Crippen LogP contribution in [0.1, 0.15) is 78.1 Å². The van der Waals surface area contributed by atoms with Gasteiger partial charge >= 0.3 is 5.97 Å². The fourth-order valence-electron chi connectivity index (χ4n) is 1.92. The Labute approximate surface area is 113 Å². The van der Waals surface area contributed by atoms with Crippen molar-refractivity contribution in [2.45, 2.75) is 84.2 Å². The van der Waals surface area contributed by atoms with Gasteiger partial charge in [0.15, 0.2) is 0 Å². The highest BCUT2D eigenvalue weighted by molar-refractivity contribution is 5.69. The molecule has 0 aromatic carbocycles. The van der Waals surface area contributed by atoms with Crippen LogP contribution < -0.4 is 0 Å². The van der Waals surface area contributed by atoms with Gasteiger partial charge in [-0.2, -0.15) is 0 Å². The minimum absolute atomic E-state index is 0.0621. The van der Waals surface area contributed by atoms with E-state index in [0.29, 0.717) is 6.42 Å². The zero-order chi connectivity index (χ0) is 13.6. The molecule has 0 amide bonds. The topological polar surface area (TPSA) is 26.3 Å². The molecule has 106 valence electrons. The third-order valence-corrected chi connectivity index (χ3v) is 3.12. The molecule has 2 nitrogen and oxygen atoms in total. The zero-order valence-corrected chi connectivity index (χ0v) is 12.2. The molecule has 0 fully saturated rings. The van der Waals surface area contributed by atoms with Gasteiger partial charge < -0.3 is 4.74 Å². The third-order valence-electron chi connectivity index (χ3n) is 3.12. The first-order valence-corrected chi connectivity index (χ1v) is 7.56. The molecule has 1 atom stereocenters. The SMILES string of the molecule is C=C[C@H](CCCCC)OC(=O)CCCCCCC. The summed E-state index contributed by atoms with van der Waals surface area (Å²) in [5.41, 5.74) is 0. The van der Waals surface area contributed by atoms with Gasteiger partial charge in [-0.1, -0.05) is 65.0 Å². The summed E-state index contributed by atoms with van der Waals surface area (Å²) in [6.07, 6.45) is 12.5. The Balaban J connectivity index is 3.59. The molecule has 0 saturated carbocycles. The molecule has 0 aliphatic carbocycles. The first-order valence-electron chi connectivity index (χ1n) is 7.56. The Morgan fingerprint density at radius 2 is 1.67 bits per heavy atom. The Morgan fingerprint density at radius 1 is 1.06 bits per heavy atom. The molecule has 0 aliphatic rings. The molecule has 0 heterocycles. The van der Waals surface area contributed by atoms with Gasteiger partial charge in [-0.3, -0.25) is 4.79 Å². The van der Waals surface area contributed by atoms with E-state index in [1.165, 1.54) is 32.1 Å². The number of esters is 1. The lowest BCUT2D eigenvalue weighted by atomic mass is 10.1. The largest absolute Gasteiger partial charge is 0.458 e. The Morgan fingerprint density at radius 3 is 2.28 bits per heavy atom. The summed E-state index contributed by atoms with van der Waals surface area (Å²) in [5.74, 6) is -0.0621. The van der Waals surface area contributed by atoms with Crippen molar-refractivity contribution in [2.75, 3.05) is 0 Å². The Hall–Kier alpha value is -0.790. The molecule has 0 aliphatic heterocycles. The molecule has 0 spiro atoms. The van der Waals surface area contributed by atoms with E-state index in [1.54, 1.807) is 6.08 Å². The van der Waals surface area contributed by atoms with E-state index < -0.39 is 0 Å². The lowest BCUT2D eigenvalue weighted by molar-refractivity contribution is -0.147. The molecule has 0 rings (SSSR count). The highest BCUT2D eigenvalue weighted by atomic mass is 16.5. The lowest BCUT2D eigenvalue weighted by Crippen LogP contribution is -2.15. The van der Waals surface area contributed by atoms with Crippen LogP contribution in [0.3, 0.4) is 0 Å². The molecular formula is C16H30O2. The van der Waals surface area contributed by atoms with Crippen LogP contribution in [-0.4, -0.2) is 12.1 Å². The predicted octanol–water partition coefficient (Wildman–Crippen LogP) is 5.03. The molecule has 2 heteroatoms. The summed E-state index contributed by atoms with van der Waals surface area (Å²) in [4.78, 5) is 11.6. The fourth-order valence-corrected chi connectivity index (χ4v) is 1.92. The van der Waals surface area contributed by atoms with Gasteiger partial charge in [0.05, 0.1) is 0 Å². The van der Waals surface area contributed by atoms with Crippen molar-refractivity contribution in [1.82, 2.24) is 0 Å². The van der Waals surface area contributed by atoms with E-state index in [1.807, 2.05) is 0 Å². The van der Waals surface area contributed by atoms with Crippen molar-refractivity contribution in [3.05, 3.63) is 12.7 Å². The number of carbonyl (C=O) groups is 1. The second-order valence-corrected chi connectivity index (χ2v) is 4.92. The van der Waals surface area contributed by atoms with Gasteiger partial charge in [-0.15, -0.1) is 0 Å². The second kappa shape index (κ2) is 12.7. The molecule has 0 radical (unpaired) electrons. The summed E-state index contributed by atoms with van der Waals surface area (Å²) in [5, 5.41) is 0. The summed E-state index contributed by atoms with van der Waals surface area (Å²) >= 11 is 0. The molecule has 0 bridgehead atoms. The monoisotopic (exact) mass is 254 g/mol. The van der Waals surface area contributed by atoms with Crippen LogP contribution in [-0.2, 0) is 9.53 Å². The quantitative estimate of drug-likeness (QED) is 0.277. The third kappa shape index (κ3) is 10.4. The van der Waals surface area contributed by atoms with Crippen molar-refractivity contribution < 1.29 is 9.53 Å². The number of hydrogen-bond acceptors (Lipinski definition) is 2. The van der Waals surface area contributed by atoms with Crippen molar-refractivity contribution >= 4 is 5.97 Å². The summed E-state index contributed by atoms with van der Waals surface area (Å²) in [6, 6.07) is 0. The first-order chi connectivity index (χ1) is 8.74. The van der Waals surface area contributed by atoms with Crippen molar-refractivity contribution in [3.8, 4) is 0 Å². The number of ether oxygens (including phenoxy) is 1. The molecule has 0 aromatic rings. The van der Waals surface area contributed by atoms with Gasteiger partial charge in [-0.25, -0.2) is 0 Å². The van der Waals surface area contributed by atoms with Gasteiger partial charge in [0, 0.05) is 6.42 Å². The average molecular weight is 254 g/mol. The van der Waals surface area contributed by atoms with Crippen LogP contribution in [0, 0.1) is 0 Å². The number of carbonyl (C=O) groups excluding carboxylic acids is 1. The van der Waals surface area contributed by atoms with E-state index in [0.717, 1.165) is 25.7 Å². The maximum atomic E-state index is 11.6. The molecule has 0 aromatic heterocycles. The minimum atomic E-state index is -0.0836. The van der Waals surface area contributed by atoms with Crippen molar-refractivity contribution in [3.63, 3.8) is 0 Å². The fraction of sp³-hybridized carbons (Fsp3) is 0.812. The van der Waals surface area contributed by atoms with Gasteiger partial charge in [0.2, 0.25) is 0 Å². The summed E-state index contributed by atoms with van der Waals surface area (Å²) in [7, 11) is 0. The molecular weight excluding hydrogens is 224 g/mol. The van der Waals surface area contributed by atoms with E-state index in [4.69, 9.17) is 4.74 Å². The van der Waals surface area contributed by atoms with Crippen molar-refractivity contribution in [1.29, 1.82) is 0 Å². The van der Waals surface area contributed by atoms with E-state index in [9.17, 15) is 4.79 Å². The Bertz CT molecular complexity index is 211. The summed E-state index contributed by atoms with van der Waals surface area (Å²) < 4.78 is 5.40. The predicted molar refractivity (Wildman–Crippen MR) is 77.6 cm³/mol. The maximum absolute atomic E-state index is 11.6. The van der Waals surface area contributed by atoms with Gasteiger partial charge in [0.25, 0.3) is 0 Å². The van der Waals surface area contributed by atoms with Crippen LogP contribution in [0.5, 0.6) is 0 Å². The second-order valence-electron chi connectivity index (χ2n) is 4.92. The minimum Gasteiger partial charge on any atom is -0.458 e.